The molecule has 2 N–H and O–H groups in total. The van der Waals surface area contributed by atoms with Crippen molar-refractivity contribution < 1.29 is 24.2 Å². The van der Waals surface area contributed by atoms with Gasteiger partial charge in [0.2, 0.25) is 11.8 Å². The Balaban J connectivity index is 0.848. The number of hydrogen-bond donors (Lipinski definition) is 2. The zero-order chi connectivity index (χ0) is 49.2. The highest BCUT2D eigenvalue weighted by molar-refractivity contribution is 8.11. The standard InChI is InChI=1S/C57H68N6O5S2/c1-6-49(69-40(2)47-20-13-32-62(47)52(65)38-41-16-9-7-10-17-41)44-27-23-42(24-28-44)43-25-29-45(30-26-43)50-39-58-54(70-50)48-21-14-33-63(48)55(66)53(46-18-11-8-12-19-46)59-51(64)22-15-31-60-34-36-61(37-35-60)56(67)68-57(3,4)5/h6-12,16-19,23-30,39,47-48,51,53,59,64H,2,13-15,20-22,31-38H2,1,3-5H3/b49-6-/t47-,48-,51?,53+/m0/s1. The van der Waals surface area contributed by atoms with Crippen molar-refractivity contribution in [2.45, 2.75) is 103 Å². The van der Waals surface area contributed by atoms with Crippen molar-refractivity contribution in [2.75, 3.05) is 45.8 Å². The molecule has 1 unspecified atom stereocenters. The summed E-state index contributed by atoms with van der Waals surface area (Å²) in [6, 6.07) is 36.0. The summed E-state index contributed by atoms with van der Waals surface area (Å²) in [6.07, 6.45) is 8.16. The Morgan fingerprint density at radius 2 is 1.47 bits per heavy atom. The number of amides is 3. The number of aliphatic hydroxyl groups excluding tert-OH is 1. The molecular formula is C57H68N6O5S2. The monoisotopic (exact) mass is 980 g/mol. The number of piperazine rings is 1. The third kappa shape index (κ3) is 13.0. The van der Waals surface area contributed by atoms with Crippen LogP contribution in [-0.4, -0.2) is 111 Å². The molecule has 11 nitrogen and oxygen atoms in total. The highest BCUT2D eigenvalue weighted by Crippen LogP contribution is 2.41. The third-order valence-electron chi connectivity index (χ3n) is 13.4. The number of nitrogens with one attached hydrogen (secondary N) is 1. The number of hydrogen-bond acceptors (Lipinski definition) is 10. The topological polar surface area (TPSA) is 119 Å². The second-order valence-electron chi connectivity index (χ2n) is 19.5. The first-order valence-corrected chi connectivity index (χ1v) is 26.5. The molecule has 3 saturated heterocycles. The smallest absolute Gasteiger partial charge is 0.410 e. The molecule has 0 saturated carbocycles. The number of rotatable bonds is 17. The van der Waals surface area contributed by atoms with Crippen LogP contribution in [0.5, 0.6) is 0 Å². The summed E-state index contributed by atoms with van der Waals surface area (Å²) < 4.78 is 5.54. The van der Waals surface area contributed by atoms with Gasteiger partial charge in [-0.1, -0.05) is 134 Å². The van der Waals surface area contributed by atoms with Crippen molar-refractivity contribution in [3.8, 4) is 21.6 Å². The van der Waals surface area contributed by atoms with Gasteiger partial charge >= 0.3 is 6.09 Å². The van der Waals surface area contributed by atoms with Gasteiger partial charge in [0.1, 0.15) is 22.9 Å². The number of thiazole rings is 1. The van der Waals surface area contributed by atoms with E-state index in [0.717, 1.165) is 111 Å². The maximum absolute atomic E-state index is 14.5. The van der Waals surface area contributed by atoms with Gasteiger partial charge < -0.3 is 24.5 Å². The summed E-state index contributed by atoms with van der Waals surface area (Å²) in [5.41, 5.74) is 5.76. The SMILES string of the molecule is C=C(S/C(=C\C)c1ccc(-c2ccc(-c3cnc([C@@H]4CCCN4C(=O)[C@H](NC(O)CCCN4CCN(C(=O)OC(C)(C)C)CC4)c4ccccc4)s3)cc2)cc1)[C@@H]1CCCN1C(=O)Cc1ccccc1. The molecule has 0 bridgehead atoms. The van der Waals surface area contributed by atoms with Crippen LogP contribution in [-0.2, 0) is 20.7 Å². The Morgan fingerprint density at radius 3 is 2.14 bits per heavy atom. The van der Waals surface area contributed by atoms with Gasteiger partial charge in [-0.2, -0.15) is 0 Å². The fourth-order valence-electron chi connectivity index (χ4n) is 9.67. The summed E-state index contributed by atoms with van der Waals surface area (Å²) >= 11 is 3.30. The third-order valence-corrected chi connectivity index (χ3v) is 15.8. The van der Waals surface area contributed by atoms with Gasteiger partial charge in [0, 0.05) is 55.3 Å². The number of thioether (sulfide) groups is 1. The van der Waals surface area contributed by atoms with Crippen molar-refractivity contribution in [2.24, 2.45) is 0 Å². The molecule has 0 radical (unpaired) electrons. The summed E-state index contributed by atoms with van der Waals surface area (Å²) in [4.78, 5) is 56.5. The minimum absolute atomic E-state index is 0.0220. The fourth-order valence-corrected chi connectivity index (χ4v) is 11.8. The normalized spacial score (nSPS) is 18.8. The second kappa shape index (κ2) is 23.6. The van der Waals surface area contributed by atoms with Crippen molar-refractivity contribution in [3.05, 3.63) is 155 Å². The zero-order valence-electron chi connectivity index (χ0n) is 41.1. The van der Waals surface area contributed by atoms with Crippen LogP contribution in [0, 0.1) is 0 Å². The number of likely N-dealkylation sites (tertiary alicyclic amines) is 2. The number of nitrogens with zero attached hydrogens (tertiary/aromatic N) is 5. The average Bonchev–Trinajstić information content (AvgIpc) is 4.18. The summed E-state index contributed by atoms with van der Waals surface area (Å²) in [5, 5.41) is 15.5. The maximum Gasteiger partial charge on any atom is 0.410 e. The average molecular weight is 981 g/mol. The summed E-state index contributed by atoms with van der Waals surface area (Å²) in [7, 11) is 0. The molecule has 8 rings (SSSR count). The van der Waals surface area contributed by atoms with Gasteiger partial charge in [-0.3, -0.25) is 19.8 Å². The molecule has 1 aromatic heterocycles. The minimum atomic E-state index is -0.876. The Bertz CT molecular complexity index is 2570. The second-order valence-corrected chi connectivity index (χ2v) is 21.7. The lowest BCUT2D eigenvalue weighted by Crippen LogP contribution is -2.50. The van der Waals surface area contributed by atoms with Gasteiger partial charge in [0.25, 0.3) is 0 Å². The van der Waals surface area contributed by atoms with Crippen LogP contribution < -0.4 is 5.32 Å². The van der Waals surface area contributed by atoms with Gasteiger partial charge in [-0.25, -0.2) is 9.78 Å². The number of allylic oxidation sites excluding steroid dienone is 1. The molecular weight excluding hydrogens is 913 g/mol. The van der Waals surface area contributed by atoms with E-state index in [2.05, 4.69) is 78.3 Å². The van der Waals surface area contributed by atoms with Crippen molar-refractivity contribution in [1.29, 1.82) is 0 Å². The summed E-state index contributed by atoms with van der Waals surface area (Å²) in [6.45, 7) is 17.1. The predicted octanol–water partition coefficient (Wildman–Crippen LogP) is 11.0. The summed E-state index contributed by atoms with van der Waals surface area (Å²) in [5.74, 6) is 0.0960. The molecule has 3 fully saturated rings. The first kappa shape index (κ1) is 50.8. The molecule has 0 aliphatic carbocycles. The van der Waals surface area contributed by atoms with E-state index in [9.17, 15) is 19.5 Å². The molecule has 3 aliphatic heterocycles. The van der Waals surface area contributed by atoms with Gasteiger partial charge in [-0.05, 0) is 106 Å². The number of ether oxygens (including phenoxy) is 1. The first-order valence-electron chi connectivity index (χ1n) is 24.9. The lowest BCUT2D eigenvalue weighted by atomic mass is 10.0. The van der Waals surface area contributed by atoms with Crippen LogP contribution >= 0.6 is 23.1 Å². The lowest BCUT2D eigenvalue weighted by Gasteiger charge is -2.35. The fraction of sp³-hybridized carbons (Fsp3) is 0.404. The Labute approximate surface area is 422 Å². The molecule has 5 aromatic rings. The Hall–Kier alpha value is -5.57. The van der Waals surface area contributed by atoms with Crippen LogP contribution in [0.1, 0.15) is 100 Å². The van der Waals surface area contributed by atoms with Crippen LogP contribution in [0.3, 0.4) is 0 Å². The van der Waals surface area contributed by atoms with E-state index in [4.69, 9.17) is 9.72 Å². The van der Waals surface area contributed by atoms with Crippen molar-refractivity contribution >= 4 is 45.9 Å². The van der Waals surface area contributed by atoms with E-state index in [1.807, 2.05) is 97.4 Å². The molecule has 13 heteroatoms. The minimum Gasteiger partial charge on any atom is -0.444 e. The van der Waals surface area contributed by atoms with E-state index in [1.165, 1.54) is 0 Å². The van der Waals surface area contributed by atoms with Crippen LogP contribution in [0.2, 0.25) is 0 Å². The van der Waals surface area contributed by atoms with Crippen molar-refractivity contribution in [3.63, 3.8) is 0 Å². The van der Waals surface area contributed by atoms with Crippen LogP contribution in [0.25, 0.3) is 26.5 Å². The number of benzene rings is 4. The lowest BCUT2D eigenvalue weighted by molar-refractivity contribution is -0.135. The maximum atomic E-state index is 14.5. The molecule has 0 spiro atoms. The Morgan fingerprint density at radius 1 is 0.843 bits per heavy atom. The van der Waals surface area contributed by atoms with Crippen LogP contribution in [0.15, 0.2) is 133 Å². The molecule has 3 aliphatic rings. The molecule has 70 heavy (non-hydrogen) atoms. The molecule has 4 atom stereocenters. The van der Waals surface area contributed by atoms with E-state index >= 15 is 0 Å². The highest BCUT2D eigenvalue weighted by atomic mass is 32.2. The molecule has 4 aromatic carbocycles. The van der Waals surface area contributed by atoms with Gasteiger partial charge in [0.15, 0.2) is 0 Å². The first-order chi connectivity index (χ1) is 33.8. The number of carbonyl (C=O) groups is 3. The largest absolute Gasteiger partial charge is 0.444 e. The zero-order valence-corrected chi connectivity index (χ0v) is 42.7. The molecule has 4 heterocycles. The Kier molecular flexibility index (Phi) is 17.1. The van der Waals surface area contributed by atoms with E-state index in [1.54, 1.807) is 28.0 Å². The number of aromatic nitrogens is 1. The quantitative estimate of drug-likeness (QED) is 0.0878. The highest BCUT2D eigenvalue weighted by Gasteiger charge is 2.37. The van der Waals surface area contributed by atoms with Gasteiger partial charge in [0.05, 0.1) is 23.4 Å². The van der Waals surface area contributed by atoms with E-state index < -0.39 is 17.9 Å². The number of aliphatic hydroxyl groups is 1. The van der Waals surface area contributed by atoms with E-state index in [-0.39, 0.29) is 30.0 Å². The number of carbonyl (C=O) groups excluding carboxylic acids is 3. The van der Waals surface area contributed by atoms with E-state index in [0.29, 0.717) is 32.5 Å². The van der Waals surface area contributed by atoms with Gasteiger partial charge in [-0.15, -0.1) is 11.3 Å². The van der Waals surface area contributed by atoms with Crippen molar-refractivity contribution in [1.82, 2.24) is 29.9 Å². The predicted molar refractivity (Wildman–Crippen MR) is 284 cm³/mol. The molecule has 3 amide bonds. The molecule has 368 valence electrons. The van der Waals surface area contributed by atoms with Crippen LogP contribution in [0.4, 0.5) is 4.79 Å².